The van der Waals surface area contributed by atoms with Crippen LogP contribution in [0.15, 0.2) is 35.8 Å². The van der Waals surface area contributed by atoms with Crippen LogP contribution in [0.2, 0.25) is 0 Å². The van der Waals surface area contributed by atoms with Crippen LogP contribution in [-0.2, 0) is 0 Å². The molecule has 4 nitrogen and oxygen atoms in total. The molecule has 0 bridgehead atoms. The first kappa shape index (κ1) is 13.5. The highest BCUT2D eigenvalue weighted by atomic mass is 32.1. The van der Waals surface area contributed by atoms with Gasteiger partial charge in [0.05, 0.1) is 11.6 Å². The second-order valence-corrected chi connectivity index (χ2v) is 5.60. The molecule has 0 amide bonds. The average molecular weight is 276 g/mol. The Morgan fingerprint density at radius 1 is 1.37 bits per heavy atom. The van der Waals surface area contributed by atoms with Crippen LogP contribution in [-0.4, -0.2) is 16.1 Å². The SMILES string of the molecule is CC(C)C(Nc1ccc(C(=O)O)cn1)c1cccs1. The Kier molecular flexibility index (Phi) is 4.16. The van der Waals surface area contributed by atoms with Gasteiger partial charge in [-0.1, -0.05) is 19.9 Å². The molecule has 0 spiro atoms. The van der Waals surface area contributed by atoms with Gasteiger partial charge in [-0.3, -0.25) is 0 Å². The fourth-order valence-corrected chi connectivity index (χ4v) is 2.75. The first-order valence-corrected chi connectivity index (χ1v) is 6.95. The third-order valence-corrected chi connectivity index (χ3v) is 3.79. The van der Waals surface area contributed by atoms with E-state index >= 15 is 0 Å². The molecule has 0 aliphatic heterocycles. The first-order chi connectivity index (χ1) is 9.08. The Labute approximate surface area is 116 Å². The number of carbonyl (C=O) groups is 1. The maximum absolute atomic E-state index is 10.8. The van der Waals surface area contributed by atoms with Gasteiger partial charge in [-0.2, -0.15) is 0 Å². The van der Waals surface area contributed by atoms with E-state index in [-0.39, 0.29) is 11.6 Å². The second kappa shape index (κ2) is 5.84. The summed E-state index contributed by atoms with van der Waals surface area (Å²) in [6.07, 6.45) is 1.37. The number of nitrogens with one attached hydrogen (secondary N) is 1. The summed E-state index contributed by atoms with van der Waals surface area (Å²) in [6, 6.07) is 7.56. The predicted molar refractivity (Wildman–Crippen MR) is 76.7 cm³/mol. The second-order valence-electron chi connectivity index (χ2n) is 4.62. The lowest BCUT2D eigenvalue weighted by Gasteiger charge is -2.21. The quantitative estimate of drug-likeness (QED) is 0.875. The monoisotopic (exact) mass is 276 g/mol. The Hall–Kier alpha value is -1.88. The highest BCUT2D eigenvalue weighted by molar-refractivity contribution is 7.10. The molecule has 5 heteroatoms. The van der Waals surface area contributed by atoms with Crippen molar-refractivity contribution in [3.8, 4) is 0 Å². The average Bonchev–Trinajstić information content (AvgIpc) is 2.89. The minimum Gasteiger partial charge on any atom is -0.478 e. The summed E-state index contributed by atoms with van der Waals surface area (Å²) in [5.41, 5.74) is 0.197. The Morgan fingerprint density at radius 3 is 2.63 bits per heavy atom. The fourth-order valence-electron chi connectivity index (χ4n) is 1.80. The molecule has 0 saturated carbocycles. The molecule has 2 aromatic rings. The Morgan fingerprint density at radius 2 is 2.16 bits per heavy atom. The molecule has 1 unspecified atom stereocenters. The standard InChI is InChI=1S/C14H16N2O2S/c1-9(2)13(11-4-3-7-19-11)16-12-6-5-10(8-15-12)14(17)18/h3-9,13H,1-2H3,(H,15,16)(H,17,18). The van der Waals surface area contributed by atoms with Gasteiger partial charge in [0, 0.05) is 11.1 Å². The van der Waals surface area contributed by atoms with Crippen molar-refractivity contribution in [3.05, 3.63) is 46.3 Å². The zero-order chi connectivity index (χ0) is 13.8. The van der Waals surface area contributed by atoms with Gasteiger partial charge >= 0.3 is 5.97 Å². The van der Waals surface area contributed by atoms with Gasteiger partial charge in [0.15, 0.2) is 0 Å². The smallest absolute Gasteiger partial charge is 0.337 e. The minimum atomic E-state index is -0.960. The topological polar surface area (TPSA) is 62.2 Å². The highest BCUT2D eigenvalue weighted by Crippen LogP contribution is 2.28. The van der Waals surface area contributed by atoms with Crippen LogP contribution in [0.3, 0.4) is 0 Å². The van der Waals surface area contributed by atoms with Gasteiger partial charge in [0.2, 0.25) is 0 Å². The molecular formula is C14H16N2O2S. The molecular weight excluding hydrogens is 260 g/mol. The van der Waals surface area contributed by atoms with Crippen molar-refractivity contribution in [1.82, 2.24) is 4.98 Å². The summed E-state index contributed by atoms with van der Waals surface area (Å²) in [6.45, 7) is 4.28. The summed E-state index contributed by atoms with van der Waals surface area (Å²) in [5.74, 6) is 0.148. The van der Waals surface area contributed by atoms with Crippen LogP contribution < -0.4 is 5.32 Å². The zero-order valence-corrected chi connectivity index (χ0v) is 11.6. The lowest BCUT2D eigenvalue weighted by atomic mass is 10.0. The third-order valence-electron chi connectivity index (χ3n) is 2.83. The number of thiophene rings is 1. The zero-order valence-electron chi connectivity index (χ0n) is 10.8. The number of anilines is 1. The molecule has 0 fully saturated rings. The maximum Gasteiger partial charge on any atom is 0.337 e. The number of hydrogen-bond acceptors (Lipinski definition) is 4. The number of hydrogen-bond donors (Lipinski definition) is 2. The number of rotatable bonds is 5. The Balaban J connectivity index is 2.16. The van der Waals surface area contributed by atoms with Gasteiger partial charge in [0.1, 0.15) is 5.82 Å². The summed E-state index contributed by atoms with van der Waals surface area (Å²) in [7, 11) is 0. The molecule has 19 heavy (non-hydrogen) atoms. The van der Waals surface area contributed by atoms with E-state index < -0.39 is 5.97 Å². The Bertz CT molecular complexity index is 535. The summed E-state index contributed by atoms with van der Waals surface area (Å²) < 4.78 is 0. The van der Waals surface area contributed by atoms with Crippen LogP contribution >= 0.6 is 11.3 Å². The summed E-state index contributed by atoms with van der Waals surface area (Å²) >= 11 is 1.70. The van der Waals surface area contributed by atoms with E-state index in [0.717, 1.165) is 0 Å². The van der Waals surface area contributed by atoms with E-state index in [0.29, 0.717) is 11.7 Å². The van der Waals surface area contributed by atoms with E-state index in [9.17, 15) is 4.79 Å². The van der Waals surface area contributed by atoms with Crippen molar-refractivity contribution in [2.75, 3.05) is 5.32 Å². The van der Waals surface area contributed by atoms with Crippen molar-refractivity contribution in [2.24, 2.45) is 5.92 Å². The van der Waals surface area contributed by atoms with E-state index in [1.54, 1.807) is 23.5 Å². The fraction of sp³-hybridized carbons (Fsp3) is 0.286. The molecule has 0 radical (unpaired) electrons. The van der Waals surface area contributed by atoms with Gasteiger partial charge < -0.3 is 10.4 Å². The molecule has 2 heterocycles. The van der Waals surface area contributed by atoms with Crippen LogP contribution in [0.1, 0.15) is 35.1 Å². The highest BCUT2D eigenvalue weighted by Gasteiger charge is 2.17. The normalized spacial score (nSPS) is 12.4. The number of nitrogens with zero attached hydrogens (tertiary/aromatic N) is 1. The van der Waals surface area contributed by atoms with Crippen molar-refractivity contribution in [2.45, 2.75) is 19.9 Å². The van der Waals surface area contributed by atoms with Gasteiger partial charge in [-0.15, -0.1) is 11.3 Å². The molecule has 0 aliphatic carbocycles. The number of carboxylic acids is 1. The van der Waals surface area contributed by atoms with Gasteiger partial charge in [-0.25, -0.2) is 9.78 Å². The van der Waals surface area contributed by atoms with Crippen LogP contribution in [0.4, 0.5) is 5.82 Å². The lowest BCUT2D eigenvalue weighted by Crippen LogP contribution is -2.16. The summed E-state index contributed by atoms with van der Waals surface area (Å²) in [4.78, 5) is 16.2. The molecule has 0 saturated heterocycles. The van der Waals surface area contributed by atoms with E-state index in [1.165, 1.54) is 11.1 Å². The molecule has 2 aromatic heterocycles. The van der Waals surface area contributed by atoms with Crippen LogP contribution in [0, 0.1) is 5.92 Å². The van der Waals surface area contributed by atoms with Crippen LogP contribution in [0.5, 0.6) is 0 Å². The number of aromatic carboxylic acids is 1. The van der Waals surface area contributed by atoms with E-state index in [4.69, 9.17) is 5.11 Å². The van der Waals surface area contributed by atoms with Gasteiger partial charge in [0.25, 0.3) is 0 Å². The van der Waals surface area contributed by atoms with Gasteiger partial charge in [-0.05, 0) is 29.5 Å². The van der Waals surface area contributed by atoms with Crippen molar-refractivity contribution < 1.29 is 9.90 Å². The summed E-state index contributed by atoms with van der Waals surface area (Å²) in [5, 5.41) is 14.2. The first-order valence-electron chi connectivity index (χ1n) is 6.07. The third kappa shape index (κ3) is 3.32. The number of aromatic nitrogens is 1. The van der Waals surface area contributed by atoms with Crippen molar-refractivity contribution in [3.63, 3.8) is 0 Å². The van der Waals surface area contributed by atoms with Crippen LogP contribution in [0.25, 0.3) is 0 Å². The molecule has 2 rings (SSSR count). The number of carboxylic acid groups (broad SMARTS) is 1. The maximum atomic E-state index is 10.8. The largest absolute Gasteiger partial charge is 0.478 e. The van der Waals surface area contributed by atoms with Crippen molar-refractivity contribution in [1.29, 1.82) is 0 Å². The molecule has 0 aromatic carbocycles. The predicted octanol–water partition coefficient (Wildman–Crippen LogP) is 3.65. The minimum absolute atomic E-state index is 0.183. The molecule has 2 N–H and O–H groups in total. The molecule has 1 atom stereocenters. The molecule has 0 aliphatic rings. The number of pyridine rings is 1. The molecule has 100 valence electrons. The lowest BCUT2D eigenvalue weighted by molar-refractivity contribution is 0.0696. The van der Waals surface area contributed by atoms with E-state index in [2.05, 4.69) is 30.2 Å². The van der Waals surface area contributed by atoms with E-state index in [1.807, 2.05) is 11.4 Å². The van der Waals surface area contributed by atoms with Crippen molar-refractivity contribution >= 4 is 23.1 Å².